The van der Waals surface area contributed by atoms with Gasteiger partial charge in [-0.3, -0.25) is 14.9 Å². The molecule has 33 heavy (non-hydrogen) atoms. The van der Waals surface area contributed by atoms with Crippen LogP contribution in [0.15, 0.2) is 36.4 Å². The van der Waals surface area contributed by atoms with Gasteiger partial charge in [-0.2, -0.15) is 5.26 Å². The summed E-state index contributed by atoms with van der Waals surface area (Å²) in [7, 11) is 0. The number of nitriles is 1. The van der Waals surface area contributed by atoms with Crippen LogP contribution in [-0.4, -0.2) is 48.0 Å². The van der Waals surface area contributed by atoms with E-state index in [4.69, 9.17) is 29.1 Å². The summed E-state index contributed by atoms with van der Waals surface area (Å²) in [4.78, 5) is 28.4. The van der Waals surface area contributed by atoms with E-state index in [1.807, 2.05) is 24.0 Å². The Labute approximate surface area is 202 Å². The minimum atomic E-state index is -0.807. The molecule has 1 fully saturated rings. The number of nitrogens with one attached hydrogen (secondary N) is 2. The summed E-state index contributed by atoms with van der Waals surface area (Å²) in [6, 6.07) is 10.7. The van der Waals surface area contributed by atoms with Gasteiger partial charge < -0.3 is 15.1 Å². The fourth-order valence-electron chi connectivity index (χ4n) is 3.51. The normalized spacial score (nSPS) is 13.3. The molecule has 1 aliphatic heterocycles. The van der Waals surface area contributed by atoms with Gasteiger partial charge in [0, 0.05) is 38.3 Å². The van der Waals surface area contributed by atoms with E-state index < -0.39 is 11.7 Å². The van der Waals surface area contributed by atoms with Gasteiger partial charge in [0.2, 0.25) is 5.91 Å². The maximum Gasteiger partial charge on any atom is 0.260 e. The van der Waals surface area contributed by atoms with Crippen molar-refractivity contribution < 1.29 is 14.0 Å². The summed E-state index contributed by atoms with van der Waals surface area (Å²) >= 11 is 11.6. The summed E-state index contributed by atoms with van der Waals surface area (Å²) in [6.45, 7) is 4.67. The van der Waals surface area contributed by atoms with Crippen molar-refractivity contribution in [1.29, 1.82) is 5.26 Å². The monoisotopic (exact) mass is 487 g/mol. The van der Waals surface area contributed by atoms with Crippen LogP contribution in [0, 0.1) is 17.1 Å². The maximum atomic E-state index is 14.0. The predicted octanol–water partition coefficient (Wildman–Crippen LogP) is 3.93. The van der Waals surface area contributed by atoms with Crippen molar-refractivity contribution in [2.24, 2.45) is 0 Å². The molecule has 2 aromatic carbocycles. The number of hydrogen-bond acceptors (Lipinski definition) is 5. The van der Waals surface area contributed by atoms with Crippen LogP contribution in [0.3, 0.4) is 0 Å². The molecule has 0 radical (unpaired) electrons. The topological polar surface area (TPSA) is 88.5 Å². The third-order valence-corrected chi connectivity index (χ3v) is 5.72. The first-order valence-electron chi connectivity index (χ1n) is 10.5. The fraction of sp³-hybridized carbons (Fsp3) is 0.304. The van der Waals surface area contributed by atoms with Crippen molar-refractivity contribution in [2.45, 2.75) is 19.8 Å². The van der Waals surface area contributed by atoms with E-state index in [9.17, 15) is 14.0 Å². The largest absolute Gasteiger partial charge is 0.367 e. The van der Waals surface area contributed by atoms with Gasteiger partial charge in [0.15, 0.2) is 5.11 Å². The standard InChI is InChI=1S/C23H23ClFN5O2S/c1-2-3-21(31)30-10-8-29(9-11-30)20-7-5-16(13-18(20)24)27-23(33)28-22(32)17-6-4-15(14-26)12-19(17)25/h4-7,12-13H,2-3,8-11H2,1H3,(H2,27,28,32,33). The second-order valence-corrected chi connectivity index (χ2v) is 8.31. The Bertz CT molecular complexity index is 1110. The number of piperazine rings is 1. The summed E-state index contributed by atoms with van der Waals surface area (Å²) in [6.07, 6.45) is 1.40. The molecule has 7 nitrogen and oxygen atoms in total. The molecule has 1 saturated heterocycles. The first-order chi connectivity index (χ1) is 15.8. The van der Waals surface area contributed by atoms with Gasteiger partial charge in [-0.05, 0) is 55.0 Å². The molecule has 0 bridgehead atoms. The fourth-order valence-corrected chi connectivity index (χ4v) is 4.02. The van der Waals surface area contributed by atoms with E-state index >= 15 is 0 Å². The van der Waals surface area contributed by atoms with E-state index in [0.29, 0.717) is 43.3 Å². The molecular weight excluding hydrogens is 465 g/mol. The second-order valence-electron chi connectivity index (χ2n) is 7.50. The van der Waals surface area contributed by atoms with Crippen LogP contribution >= 0.6 is 23.8 Å². The minimum Gasteiger partial charge on any atom is -0.367 e. The number of rotatable bonds is 5. The van der Waals surface area contributed by atoms with Gasteiger partial charge in [-0.1, -0.05) is 18.5 Å². The predicted molar refractivity (Wildman–Crippen MR) is 130 cm³/mol. The second kappa shape index (κ2) is 11.1. The van der Waals surface area contributed by atoms with E-state index in [1.165, 1.54) is 12.1 Å². The highest BCUT2D eigenvalue weighted by Crippen LogP contribution is 2.29. The third kappa shape index (κ3) is 6.18. The Morgan fingerprint density at radius 3 is 2.52 bits per heavy atom. The zero-order valence-corrected chi connectivity index (χ0v) is 19.6. The Balaban J connectivity index is 1.58. The van der Waals surface area contributed by atoms with E-state index in [0.717, 1.165) is 18.2 Å². The number of amides is 2. The molecule has 10 heteroatoms. The van der Waals surface area contributed by atoms with E-state index in [2.05, 4.69) is 15.5 Å². The Hall–Kier alpha value is -3.22. The number of anilines is 2. The van der Waals surface area contributed by atoms with Crippen molar-refractivity contribution in [3.8, 4) is 6.07 Å². The maximum absolute atomic E-state index is 14.0. The van der Waals surface area contributed by atoms with Gasteiger partial charge >= 0.3 is 0 Å². The van der Waals surface area contributed by atoms with Crippen LogP contribution in [0.5, 0.6) is 0 Å². The van der Waals surface area contributed by atoms with Gasteiger partial charge in [-0.25, -0.2) is 4.39 Å². The lowest BCUT2D eigenvalue weighted by molar-refractivity contribution is -0.131. The highest BCUT2D eigenvalue weighted by molar-refractivity contribution is 7.80. The SMILES string of the molecule is CCCC(=O)N1CCN(c2ccc(NC(=S)NC(=O)c3ccc(C#N)cc3F)cc2Cl)CC1. The summed E-state index contributed by atoms with van der Waals surface area (Å²) in [5.74, 6) is -1.36. The lowest BCUT2D eigenvalue weighted by Gasteiger charge is -2.36. The molecule has 0 unspecified atom stereocenters. The molecule has 2 aromatic rings. The van der Waals surface area contributed by atoms with Crippen LogP contribution in [0.25, 0.3) is 0 Å². The van der Waals surface area contributed by atoms with Crippen LogP contribution < -0.4 is 15.5 Å². The molecule has 0 aliphatic carbocycles. The van der Waals surface area contributed by atoms with Crippen molar-refractivity contribution in [3.63, 3.8) is 0 Å². The molecule has 1 heterocycles. The summed E-state index contributed by atoms with van der Waals surface area (Å²) in [5, 5.41) is 14.6. The zero-order valence-electron chi connectivity index (χ0n) is 18.0. The van der Waals surface area contributed by atoms with Crippen molar-refractivity contribution in [2.75, 3.05) is 36.4 Å². The average molecular weight is 488 g/mol. The quantitative estimate of drug-likeness (QED) is 0.621. The Kier molecular flexibility index (Phi) is 8.20. The lowest BCUT2D eigenvalue weighted by Crippen LogP contribution is -2.48. The molecule has 2 N–H and O–H groups in total. The number of thiocarbonyl (C=S) groups is 1. The van der Waals surface area contributed by atoms with Crippen molar-refractivity contribution >= 4 is 52.1 Å². The minimum absolute atomic E-state index is 0.0179. The van der Waals surface area contributed by atoms with Crippen molar-refractivity contribution in [3.05, 3.63) is 58.4 Å². The molecule has 0 atom stereocenters. The molecule has 3 rings (SSSR count). The van der Waals surface area contributed by atoms with Crippen LogP contribution in [0.1, 0.15) is 35.7 Å². The zero-order chi connectivity index (χ0) is 24.0. The first-order valence-corrected chi connectivity index (χ1v) is 11.2. The Morgan fingerprint density at radius 1 is 1.18 bits per heavy atom. The summed E-state index contributed by atoms with van der Waals surface area (Å²) in [5.41, 5.74) is 1.31. The molecular formula is C23H23ClFN5O2S. The lowest BCUT2D eigenvalue weighted by atomic mass is 10.1. The number of hydrogen-bond donors (Lipinski definition) is 2. The average Bonchev–Trinajstić information content (AvgIpc) is 2.79. The number of halogens is 2. The van der Waals surface area contributed by atoms with Crippen molar-refractivity contribution in [1.82, 2.24) is 10.2 Å². The number of carbonyl (C=O) groups is 2. The number of benzene rings is 2. The molecule has 0 saturated carbocycles. The van der Waals surface area contributed by atoms with Gasteiger partial charge in [0.05, 0.1) is 27.9 Å². The number of carbonyl (C=O) groups excluding carboxylic acids is 2. The summed E-state index contributed by atoms with van der Waals surface area (Å²) < 4.78 is 14.0. The smallest absolute Gasteiger partial charge is 0.260 e. The molecule has 2 amide bonds. The number of nitrogens with zero attached hydrogens (tertiary/aromatic N) is 3. The van der Waals surface area contributed by atoms with Crippen LogP contribution in [0.4, 0.5) is 15.8 Å². The molecule has 1 aliphatic rings. The third-order valence-electron chi connectivity index (χ3n) is 5.21. The highest BCUT2D eigenvalue weighted by atomic mass is 35.5. The molecule has 0 spiro atoms. The van der Waals surface area contributed by atoms with Crippen LogP contribution in [-0.2, 0) is 4.79 Å². The highest BCUT2D eigenvalue weighted by Gasteiger charge is 2.22. The molecule has 0 aromatic heterocycles. The van der Waals surface area contributed by atoms with E-state index in [1.54, 1.807) is 12.1 Å². The van der Waals surface area contributed by atoms with Gasteiger partial charge in [0.25, 0.3) is 5.91 Å². The molecule has 172 valence electrons. The first kappa shape index (κ1) is 24.4. The van der Waals surface area contributed by atoms with E-state index in [-0.39, 0.29) is 22.1 Å². The van der Waals surface area contributed by atoms with Gasteiger partial charge in [0.1, 0.15) is 5.82 Å². The Morgan fingerprint density at radius 2 is 1.91 bits per heavy atom. The van der Waals surface area contributed by atoms with Gasteiger partial charge in [-0.15, -0.1) is 0 Å². The van der Waals surface area contributed by atoms with Crippen LogP contribution in [0.2, 0.25) is 5.02 Å².